The molecule has 1 unspecified atom stereocenters. The smallest absolute Gasteiger partial charge is 0.478 e. The number of fused-ring (bicyclic) bond motifs is 1. The van der Waals surface area contributed by atoms with Gasteiger partial charge in [0.1, 0.15) is 23.2 Å². The summed E-state index contributed by atoms with van der Waals surface area (Å²) in [5, 5.41) is 29.1. The summed E-state index contributed by atoms with van der Waals surface area (Å²) in [5.74, 6) is -4.38. The average molecular weight is 625 g/mol. The van der Waals surface area contributed by atoms with E-state index in [1.807, 2.05) is 19.9 Å². The van der Waals surface area contributed by atoms with Crippen molar-refractivity contribution in [3.8, 4) is 6.07 Å². The maximum atomic E-state index is 14.0. The molecule has 10 nitrogen and oxygen atoms in total. The molecule has 1 aromatic heterocycles. The van der Waals surface area contributed by atoms with E-state index in [0.717, 1.165) is 11.6 Å². The van der Waals surface area contributed by atoms with Gasteiger partial charge in [0.2, 0.25) is 0 Å². The van der Waals surface area contributed by atoms with Gasteiger partial charge < -0.3 is 25.7 Å². The molecule has 0 amide bonds. The fourth-order valence-electron chi connectivity index (χ4n) is 4.01. The zero-order valence-electron chi connectivity index (χ0n) is 23.5. The number of aliphatic imine (C=N–C) groups is 1. The number of benzene rings is 3. The molecule has 232 valence electrons. The standard InChI is InChI=1S/C29H23FN4O4.C2HF3O2/c1-16-9-22(17(2)34-25-6-4-3-5-21(25)29(36)37)28-23(10-16)26(35)12-27(38-28)19(14-32)15-33-20-8-7-18(13-31)24(30)11-20;3-2(4,5)1(6)7/h3-12,14-15,17,34H,32H2,1-2H3,(H,36,37);(H,6,7)/b19-14+,33-15?;. The number of nitrogens with one attached hydrogen (secondary N) is 1. The lowest BCUT2D eigenvalue weighted by atomic mass is 10.00. The first-order valence-electron chi connectivity index (χ1n) is 12.8. The maximum Gasteiger partial charge on any atom is 0.490 e. The Labute approximate surface area is 252 Å². The van der Waals surface area contributed by atoms with Crippen LogP contribution < -0.4 is 16.5 Å². The van der Waals surface area contributed by atoms with Gasteiger partial charge in [0, 0.05) is 35.8 Å². The number of aryl methyl sites for hydroxylation is 1. The molecule has 45 heavy (non-hydrogen) atoms. The first-order chi connectivity index (χ1) is 21.2. The molecule has 0 aliphatic rings. The lowest BCUT2D eigenvalue weighted by Crippen LogP contribution is -2.21. The normalized spacial score (nSPS) is 12.2. The van der Waals surface area contributed by atoms with E-state index in [0.29, 0.717) is 22.2 Å². The van der Waals surface area contributed by atoms with E-state index in [9.17, 15) is 32.3 Å². The minimum Gasteiger partial charge on any atom is -0.478 e. The van der Waals surface area contributed by atoms with Crippen molar-refractivity contribution in [3.63, 3.8) is 0 Å². The first-order valence-corrected chi connectivity index (χ1v) is 12.8. The summed E-state index contributed by atoms with van der Waals surface area (Å²) in [6, 6.07) is 16.6. The first kappa shape index (κ1) is 33.5. The van der Waals surface area contributed by atoms with Gasteiger partial charge in [-0.15, -0.1) is 0 Å². The number of aromatic carboxylic acids is 1. The minimum atomic E-state index is -5.08. The number of nitriles is 1. The van der Waals surface area contributed by atoms with Crippen molar-refractivity contribution in [2.24, 2.45) is 10.7 Å². The van der Waals surface area contributed by atoms with E-state index in [-0.39, 0.29) is 33.6 Å². The third-order valence-electron chi connectivity index (χ3n) is 6.13. The zero-order valence-corrected chi connectivity index (χ0v) is 23.5. The topological polar surface area (TPSA) is 179 Å². The summed E-state index contributed by atoms with van der Waals surface area (Å²) in [6.07, 6.45) is -2.53. The van der Waals surface area contributed by atoms with Crippen LogP contribution in [0.4, 0.5) is 28.9 Å². The summed E-state index contributed by atoms with van der Waals surface area (Å²) in [6.45, 7) is 3.68. The Bertz CT molecular complexity index is 1930. The Balaban J connectivity index is 0.000000707. The van der Waals surface area contributed by atoms with Crippen LogP contribution in [0.5, 0.6) is 0 Å². The second-order valence-corrected chi connectivity index (χ2v) is 9.38. The Hall–Kier alpha value is -5.97. The Morgan fingerprint density at radius 2 is 1.78 bits per heavy atom. The highest BCUT2D eigenvalue weighted by Crippen LogP contribution is 2.30. The number of halogens is 4. The van der Waals surface area contributed by atoms with Crippen LogP contribution >= 0.6 is 0 Å². The fourth-order valence-corrected chi connectivity index (χ4v) is 4.01. The van der Waals surface area contributed by atoms with E-state index in [4.69, 9.17) is 25.3 Å². The molecule has 5 N–H and O–H groups in total. The van der Waals surface area contributed by atoms with Crippen molar-refractivity contribution in [1.29, 1.82) is 5.26 Å². The minimum absolute atomic E-state index is 0.101. The summed E-state index contributed by atoms with van der Waals surface area (Å²) < 4.78 is 51.8. The number of para-hydroxylation sites is 1. The van der Waals surface area contributed by atoms with Crippen molar-refractivity contribution in [2.75, 3.05) is 5.32 Å². The van der Waals surface area contributed by atoms with Crippen molar-refractivity contribution in [1.82, 2.24) is 0 Å². The highest BCUT2D eigenvalue weighted by molar-refractivity contribution is 6.09. The van der Waals surface area contributed by atoms with Crippen LogP contribution in [0.25, 0.3) is 16.5 Å². The van der Waals surface area contributed by atoms with E-state index < -0.39 is 30.0 Å². The van der Waals surface area contributed by atoms with E-state index in [2.05, 4.69) is 10.3 Å². The van der Waals surface area contributed by atoms with Crippen LogP contribution in [0.1, 0.15) is 45.8 Å². The van der Waals surface area contributed by atoms with Crippen LogP contribution in [0.2, 0.25) is 0 Å². The largest absolute Gasteiger partial charge is 0.490 e. The maximum absolute atomic E-state index is 14.0. The van der Waals surface area contributed by atoms with Crippen LogP contribution in [-0.4, -0.2) is 34.5 Å². The van der Waals surface area contributed by atoms with Gasteiger partial charge in [-0.2, -0.15) is 18.4 Å². The molecule has 0 saturated carbocycles. The fraction of sp³-hybridized carbons (Fsp3) is 0.129. The molecule has 0 bridgehead atoms. The van der Waals surface area contributed by atoms with E-state index >= 15 is 0 Å². The van der Waals surface area contributed by atoms with Crippen LogP contribution in [0.3, 0.4) is 0 Å². The molecular formula is C31H24F4N4O6. The molecule has 0 aliphatic carbocycles. The molecule has 4 rings (SSSR count). The average Bonchev–Trinajstić information content (AvgIpc) is 2.97. The van der Waals surface area contributed by atoms with Crippen LogP contribution in [0.15, 0.2) is 81.1 Å². The van der Waals surface area contributed by atoms with Gasteiger partial charge in [0.15, 0.2) is 5.43 Å². The van der Waals surface area contributed by atoms with Crippen molar-refractivity contribution >= 4 is 46.1 Å². The Morgan fingerprint density at radius 3 is 2.36 bits per heavy atom. The van der Waals surface area contributed by atoms with Gasteiger partial charge >= 0.3 is 18.1 Å². The Kier molecular flexibility index (Phi) is 10.4. The van der Waals surface area contributed by atoms with E-state index in [1.165, 1.54) is 36.7 Å². The number of aliphatic carboxylic acids is 1. The highest BCUT2D eigenvalue weighted by Gasteiger charge is 2.38. The molecule has 0 spiro atoms. The summed E-state index contributed by atoms with van der Waals surface area (Å²) >= 11 is 0. The third kappa shape index (κ3) is 8.32. The molecule has 0 saturated heterocycles. The number of alkyl halides is 3. The second kappa shape index (κ2) is 14.0. The quantitative estimate of drug-likeness (QED) is 0.135. The predicted octanol–water partition coefficient (Wildman–Crippen LogP) is 6.32. The summed E-state index contributed by atoms with van der Waals surface area (Å²) in [5.41, 5.74) is 8.23. The number of carbonyl (C=O) groups is 2. The SMILES string of the molecule is Cc1cc(C(C)Nc2ccccc2C(=O)O)c2oc(/C(C=Nc3ccc(C#N)c(F)c3)=C/N)cc(=O)c2c1.O=C(O)C(F)(F)F. The number of allylic oxidation sites excluding steroid dienone is 1. The molecule has 3 aromatic carbocycles. The zero-order chi connectivity index (χ0) is 33.5. The van der Waals surface area contributed by atoms with Gasteiger partial charge in [-0.1, -0.05) is 18.2 Å². The molecule has 4 aromatic rings. The van der Waals surface area contributed by atoms with Gasteiger partial charge in [0.05, 0.1) is 33.8 Å². The lowest BCUT2D eigenvalue weighted by molar-refractivity contribution is -0.192. The van der Waals surface area contributed by atoms with Crippen LogP contribution in [-0.2, 0) is 4.79 Å². The monoisotopic (exact) mass is 624 g/mol. The van der Waals surface area contributed by atoms with Gasteiger partial charge in [0.25, 0.3) is 0 Å². The lowest BCUT2D eigenvalue weighted by Gasteiger charge is -2.19. The van der Waals surface area contributed by atoms with Gasteiger partial charge in [-0.05, 0) is 49.7 Å². The molecule has 14 heteroatoms. The van der Waals surface area contributed by atoms with Crippen molar-refractivity contribution in [3.05, 3.63) is 111 Å². The Morgan fingerprint density at radius 1 is 1.11 bits per heavy atom. The summed E-state index contributed by atoms with van der Waals surface area (Å²) in [7, 11) is 0. The number of nitrogens with two attached hydrogens (primary N) is 1. The van der Waals surface area contributed by atoms with Gasteiger partial charge in [-0.3, -0.25) is 9.79 Å². The molecule has 1 heterocycles. The summed E-state index contributed by atoms with van der Waals surface area (Å²) in [4.78, 5) is 37.8. The molecule has 1 atom stereocenters. The van der Waals surface area contributed by atoms with Gasteiger partial charge in [-0.25, -0.2) is 14.0 Å². The number of nitrogens with zero attached hydrogens (tertiary/aromatic N) is 2. The molecule has 0 fully saturated rings. The third-order valence-corrected chi connectivity index (χ3v) is 6.13. The van der Waals surface area contributed by atoms with Crippen molar-refractivity contribution in [2.45, 2.75) is 26.1 Å². The molecular weight excluding hydrogens is 600 g/mol. The van der Waals surface area contributed by atoms with Crippen molar-refractivity contribution < 1.29 is 41.8 Å². The van der Waals surface area contributed by atoms with E-state index in [1.54, 1.807) is 30.3 Å². The predicted molar refractivity (Wildman–Crippen MR) is 158 cm³/mol. The second-order valence-electron chi connectivity index (χ2n) is 9.38. The number of rotatable bonds is 7. The molecule has 0 aliphatic heterocycles. The number of carboxylic acid groups (broad SMARTS) is 2. The number of hydrogen-bond acceptors (Lipinski definition) is 8. The molecule has 0 radical (unpaired) electrons. The number of anilines is 1. The number of hydrogen-bond donors (Lipinski definition) is 4. The van der Waals surface area contributed by atoms with Crippen LogP contribution in [0, 0.1) is 24.1 Å². The highest BCUT2D eigenvalue weighted by atomic mass is 19.4. The number of carboxylic acids is 2.